The molecule has 0 spiro atoms. The van der Waals surface area contributed by atoms with Gasteiger partial charge < -0.3 is 4.74 Å². The Balaban J connectivity index is 2.33. The Morgan fingerprint density at radius 2 is 2.15 bits per heavy atom. The molecular weight excluding hydrogens is 282 g/mol. The van der Waals surface area contributed by atoms with E-state index in [0.29, 0.717) is 31.7 Å². The molecule has 20 heavy (non-hydrogen) atoms. The largest absolute Gasteiger partial charge is 0.381 e. The van der Waals surface area contributed by atoms with Crippen LogP contribution in [0.3, 0.4) is 0 Å². The highest BCUT2D eigenvalue weighted by molar-refractivity contribution is 7.93. The van der Waals surface area contributed by atoms with E-state index in [1.165, 1.54) is 12.3 Å². The normalized spacial score (nSPS) is 19.3. The summed E-state index contributed by atoms with van der Waals surface area (Å²) in [7, 11) is -2.69. The van der Waals surface area contributed by atoms with Crippen molar-refractivity contribution in [2.24, 2.45) is 4.36 Å². The highest BCUT2D eigenvalue weighted by Gasteiger charge is 2.24. The number of ether oxygens (including phenoxy) is 1. The summed E-state index contributed by atoms with van der Waals surface area (Å²) in [5.74, 6) is -0.754. The van der Waals surface area contributed by atoms with Gasteiger partial charge in [0.2, 0.25) is 0 Å². The lowest BCUT2D eigenvalue weighted by molar-refractivity contribution is 0.0977. The number of hydrogen-bond acceptors (Lipinski definition) is 5. The lowest BCUT2D eigenvalue weighted by Crippen LogP contribution is -2.29. The Morgan fingerprint density at radius 1 is 1.50 bits per heavy atom. The number of aryl methyl sites for hydroxylation is 1. The zero-order valence-corrected chi connectivity index (χ0v) is 12.2. The van der Waals surface area contributed by atoms with Gasteiger partial charge in [-0.1, -0.05) is 0 Å². The Morgan fingerprint density at radius 3 is 2.80 bits per heavy atom. The third-order valence-electron chi connectivity index (χ3n) is 3.21. The standard InChI is InChI=1S/C12H17N3O4S/c1-8-7-10(11(16)14-13-8)12(17)15-20(2,18)9-3-5-19-6-4-9/h7,9H,3-6H2,1-2H3,(H,14,16). The molecule has 1 aliphatic heterocycles. The number of nitrogens with zero attached hydrogens (tertiary/aromatic N) is 2. The van der Waals surface area contributed by atoms with Gasteiger partial charge in [-0.15, -0.1) is 0 Å². The minimum Gasteiger partial charge on any atom is -0.381 e. The zero-order chi connectivity index (χ0) is 14.8. The van der Waals surface area contributed by atoms with E-state index < -0.39 is 21.2 Å². The predicted octanol–water partition coefficient (Wildman–Crippen LogP) is 0.495. The van der Waals surface area contributed by atoms with E-state index in [1.54, 1.807) is 6.92 Å². The molecule has 1 atom stereocenters. The maximum Gasteiger partial charge on any atom is 0.290 e. The van der Waals surface area contributed by atoms with Gasteiger partial charge in [0.15, 0.2) is 0 Å². The lowest BCUT2D eigenvalue weighted by Gasteiger charge is -2.22. The van der Waals surface area contributed by atoms with Gasteiger partial charge in [0, 0.05) is 24.7 Å². The second-order valence-corrected chi connectivity index (χ2v) is 7.39. The van der Waals surface area contributed by atoms with E-state index >= 15 is 0 Å². The van der Waals surface area contributed by atoms with Crippen LogP contribution < -0.4 is 5.56 Å². The van der Waals surface area contributed by atoms with Crippen molar-refractivity contribution in [1.82, 2.24) is 10.2 Å². The van der Waals surface area contributed by atoms with Crippen molar-refractivity contribution < 1.29 is 13.7 Å². The van der Waals surface area contributed by atoms with Gasteiger partial charge in [-0.25, -0.2) is 9.31 Å². The van der Waals surface area contributed by atoms with E-state index in [-0.39, 0.29) is 10.8 Å². The summed E-state index contributed by atoms with van der Waals surface area (Å²) in [6.07, 6.45) is 2.68. The van der Waals surface area contributed by atoms with Crippen molar-refractivity contribution >= 4 is 15.6 Å². The van der Waals surface area contributed by atoms with Crippen molar-refractivity contribution in [2.75, 3.05) is 19.5 Å². The topological polar surface area (TPSA) is 101 Å². The quantitative estimate of drug-likeness (QED) is 0.856. The monoisotopic (exact) mass is 299 g/mol. The fraction of sp³-hybridized carbons (Fsp3) is 0.583. The van der Waals surface area contributed by atoms with Crippen molar-refractivity contribution in [3.63, 3.8) is 0 Å². The summed E-state index contributed by atoms with van der Waals surface area (Å²) < 4.78 is 21.5. The first kappa shape index (κ1) is 14.9. The molecule has 1 aromatic heterocycles. The summed E-state index contributed by atoms with van der Waals surface area (Å²) >= 11 is 0. The summed E-state index contributed by atoms with van der Waals surface area (Å²) in [5.41, 5.74) is -0.248. The third-order valence-corrected chi connectivity index (χ3v) is 5.45. The zero-order valence-electron chi connectivity index (χ0n) is 11.4. The lowest BCUT2D eigenvalue weighted by atomic mass is 10.2. The molecule has 0 aliphatic carbocycles. The molecule has 1 aliphatic rings. The number of H-pyrrole nitrogens is 1. The Bertz CT molecular complexity index is 682. The fourth-order valence-electron chi connectivity index (χ4n) is 2.07. The molecule has 0 saturated carbocycles. The first-order valence-electron chi connectivity index (χ1n) is 6.29. The second kappa shape index (κ2) is 5.84. The first-order valence-corrected chi connectivity index (χ1v) is 8.28. The van der Waals surface area contributed by atoms with Crippen LogP contribution in [0.25, 0.3) is 0 Å². The van der Waals surface area contributed by atoms with E-state index in [9.17, 15) is 13.8 Å². The average molecular weight is 299 g/mol. The molecule has 1 aromatic rings. The Kier molecular flexibility index (Phi) is 4.34. The van der Waals surface area contributed by atoms with Gasteiger partial charge in [-0.2, -0.15) is 9.46 Å². The Labute approximate surface area is 116 Å². The third kappa shape index (κ3) is 3.31. The molecule has 1 fully saturated rings. The number of aromatic nitrogens is 2. The van der Waals surface area contributed by atoms with E-state index in [4.69, 9.17) is 4.74 Å². The highest BCUT2D eigenvalue weighted by atomic mass is 32.2. The van der Waals surface area contributed by atoms with Gasteiger partial charge in [-0.3, -0.25) is 9.59 Å². The van der Waals surface area contributed by atoms with E-state index in [2.05, 4.69) is 14.6 Å². The number of carbonyl (C=O) groups is 1. The molecule has 0 bridgehead atoms. The minimum absolute atomic E-state index is 0.126. The first-order chi connectivity index (χ1) is 9.40. The number of nitrogens with one attached hydrogen (secondary N) is 1. The van der Waals surface area contributed by atoms with Gasteiger partial charge in [0.1, 0.15) is 5.56 Å². The molecule has 7 nitrogen and oxygen atoms in total. The number of carbonyl (C=O) groups excluding carboxylic acids is 1. The maximum atomic E-state index is 12.6. The van der Waals surface area contributed by atoms with Crippen LogP contribution in [0.2, 0.25) is 0 Å². The number of hydrogen-bond donors (Lipinski definition) is 1. The summed E-state index contributed by atoms with van der Waals surface area (Å²) in [6, 6.07) is 1.35. The van der Waals surface area contributed by atoms with Crippen LogP contribution in [-0.4, -0.2) is 45.0 Å². The second-order valence-electron chi connectivity index (χ2n) is 4.82. The van der Waals surface area contributed by atoms with Gasteiger partial charge in [0.05, 0.1) is 15.4 Å². The SMILES string of the molecule is Cc1cc(C(=O)N=S(C)(=O)C2CCOCC2)c(=O)[nH]n1. The molecule has 2 heterocycles. The molecular formula is C12H17N3O4S. The summed E-state index contributed by atoms with van der Waals surface area (Å²) in [5, 5.41) is 5.73. The minimum atomic E-state index is -2.69. The van der Waals surface area contributed by atoms with Crippen LogP contribution in [0.5, 0.6) is 0 Å². The summed E-state index contributed by atoms with van der Waals surface area (Å²) in [6.45, 7) is 2.69. The molecule has 0 aromatic carbocycles. The molecule has 1 saturated heterocycles. The smallest absolute Gasteiger partial charge is 0.290 e. The molecule has 8 heteroatoms. The maximum absolute atomic E-state index is 12.6. The van der Waals surface area contributed by atoms with Gasteiger partial charge in [0.25, 0.3) is 11.5 Å². The molecule has 1 unspecified atom stereocenters. The number of amides is 1. The molecule has 2 rings (SSSR count). The van der Waals surface area contributed by atoms with Crippen molar-refractivity contribution in [3.8, 4) is 0 Å². The van der Waals surface area contributed by atoms with Crippen LogP contribution in [0.1, 0.15) is 28.9 Å². The summed E-state index contributed by atoms with van der Waals surface area (Å²) in [4.78, 5) is 23.6. The number of aromatic amines is 1. The number of rotatable bonds is 2. The molecule has 110 valence electrons. The average Bonchev–Trinajstić information content (AvgIpc) is 2.42. The molecule has 0 radical (unpaired) electrons. The van der Waals surface area contributed by atoms with Crippen LogP contribution in [-0.2, 0) is 14.5 Å². The molecule has 1 amide bonds. The Hall–Kier alpha value is -1.54. The van der Waals surface area contributed by atoms with Gasteiger partial charge >= 0.3 is 0 Å². The predicted molar refractivity (Wildman–Crippen MR) is 74.3 cm³/mol. The van der Waals surface area contributed by atoms with Crippen LogP contribution >= 0.6 is 0 Å². The van der Waals surface area contributed by atoms with Crippen molar-refractivity contribution in [3.05, 3.63) is 27.7 Å². The van der Waals surface area contributed by atoms with Crippen LogP contribution in [0, 0.1) is 6.92 Å². The van der Waals surface area contributed by atoms with Crippen LogP contribution in [0.4, 0.5) is 0 Å². The van der Waals surface area contributed by atoms with Crippen LogP contribution in [0.15, 0.2) is 15.2 Å². The van der Waals surface area contributed by atoms with E-state index in [1.807, 2.05) is 0 Å². The van der Waals surface area contributed by atoms with Gasteiger partial charge in [-0.05, 0) is 25.8 Å². The van der Waals surface area contributed by atoms with Crippen molar-refractivity contribution in [2.45, 2.75) is 25.0 Å². The molecule has 1 N–H and O–H groups in total. The van der Waals surface area contributed by atoms with E-state index in [0.717, 1.165) is 0 Å². The fourth-order valence-corrected chi connectivity index (χ4v) is 3.71. The van der Waals surface area contributed by atoms with Crippen molar-refractivity contribution in [1.29, 1.82) is 0 Å². The highest BCUT2D eigenvalue weighted by Crippen LogP contribution is 2.17.